The van der Waals surface area contributed by atoms with E-state index in [1.165, 1.54) is 4.08 Å². The lowest BCUT2D eigenvalue weighted by molar-refractivity contribution is 0.0300. The van der Waals surface area contributed by atoms with Crippen molar-refractivity contribution in [2.45, 2.75) is 27.7 Å². The third-order valence-corrected chi connectivity index (χ3v) is 7.21. The molecule has 0 aromatic carbocycles. The van der Waals surface area contributed by atoms with Crippen LogP contribution >= 0.6 is 7.75 Å². The van der Waals surface area contributed by atoms with Crippen LogP contribution in [0.1, 0.15) is 27.7 Å². The zero-order chi connectivity index (χ0) is 13.6. The summed E-state index contributed by atoms with van der Waals surface area (Å²) < 4.78 is 36.9. The molecule has 0 bridgehead atoms. The second-order valence-corrected chi connectivity index (χ2v) is 9.30. The molecule has 0 aromatic heterocycles. The molecule has 0 amide bonds. The summed E-state index contributed by atoms with van der Waals surface area (Å²) in [4.78, 5) is 0. The monoisotopic (exact) mass is 293 g/mol. The SMILES string of the molecule is CC1=C(C)CS(=O)N(P2(=O)OCC(C)(C)CO2)C1. The largest absolute Gasteiger partial charge is 0.420 e. The molecule has 0 spiro atoms. The van der Waals surface area contributed by atoms with Crippen molar-refractivity contribution in [3.8, 4) is 0 Å². The van der Waals surface area contributed by atoms with E-state index in [0.29, 0.717) is 25.5 Å². The van der Waals surface area contributed by atoms with Crippen LogP contribution in [0.3, 0.4) is 0 Å². The summed E-state index contributed by atoms with van der Waals surface area (Å²) in [6.07, 6.45) is 0. The molecular weight excluding hydrogens is 273 g/mol. The van der Waals surface area contributed by atoms with Crippen LogP contribution in [0.15, 0.2) is 11.1 Å². The van der Waals surface area contributed by atoms with Gasteiger partial charge in [0.1, 0.15) is 11.0 Å². The summed E-state index contributed by atoms with van der Waals surface area (Å²) in [5.74, 6) is 0.409. The van der Waals surface area contributed by atoms with Crippen LogP contribution in [0.5, 0.6) is 0 Å². The van der Waals surface area contributed by atoms with Gasteiger partial charge in [-0.3, -0.25) is 9.05 Å². The first kappa shape index (κ1) is 14.4. The van der Waals surface area contributed by atoms with Gasteiger partial charge in [-0.25, -0.2) is 8.77 Å². The van der Waals surface area contributed by atoms with Gasteiger partial charge in [0, 0.05) is 12.0 Å². The molecule has 2 heterocycles. The zero-order valence-corrected chi connectivity index (χ0v) is 13.0. The van der Waals surface area contributed by atoms with E-state index in [2.05, 4.69) is 0 Å². The van der Waals surface area contributed by atoms with E-state index in [1.54, 1.807) is 0 Å². The van der Waals surface area contributed by atoms with Crippen LogP contribution in [-0.2, 0) is 24.6 Å². The maximum Gasteiger partial charge on any atom is 0.420 e. The smallest absolute Gasteiger partial charge is 0.295 e. The Morgan fingerprint density at radius 3 is 2.33 bits per heavy atom. The molecule has 0 aliphatic carbocycles. The van der Waals surface area contributed by atoms with Crippen LogP contribution in [0.25, 0.3) is 0 Å². The summed E-state index contributed by atoms with van der Waals surface area (Å²) in [5.41, 5.74) is 2.03. The summed E-state index contributed by atoms with van der Waals surface area (Å²) >= 11 is 0. The predicted octanol–water partition coefficient (Wildman–Crippen LogP) is 2.48. The van der Waals surface area contributed by atoms with Gasteiger partial charge in [0.2, 0.25) is 0 Å². The highest BCUT2D eigenvalue weighted by Gasteiger charge is 2.45. The van der Waals surface area contributed by atoms with E-state index in [1.807, 2.05) is 27.7 Å². The average Bonchev–Trinajstić information content (AvgIpc) is 2.28. The fourth-order valence-corrected chi connectivity index (χ4v) is 5.91. The fraction of sp³-hybridized carbons (Fsp3) is 0.818. The molecule has 2 rings (SSSR count). The topological polar surface area (TPSA) is 55.8 Å². The van der Waals surface area contributed by atoms with Crippen LogP contribution in [-0.4, -0.2) is 33.8 Å². The van der Waals surface area contributed by atoms with Crippen molar-refractivity contribution in [1.29, 1.82) is 0 Å². The first-order valence-electron chi connectivity index (χ1n) is 5.94. The second-order valence-electron chi connectivity index (χ2n) is 5.72. The molecule has 0 saturated carbocycles. The van der Waals surface area contributed by atoms with E-state index in [0.717, 1.165) is 11.1 Å². The summed E-state index contributed by atoms with van der Waals surface area (Å²) in [5, 5.41) is 0. The lowest BCUT2D eigenvalue weighted by Crippen LogP contribution is -2.38. The van der Waals surface area contributed by atoms with Crippen molar-refractivity contribution in [2.24, 2.45) is 5.41 Å². The van der Waals surface area contributed by atoms with Gasteiger partial charge in [0.05, 0.1) is 19.0 Å². The summed E-state index contributed by atoms with van der Waals surface area (Å²) in [6.45, 7) is 8.98. The molecule has 1 fully saturated rings. The molecular formula is C11H20NO4PS. The molecule has 0 N–H and O–H groups in total. The number of hydrogen-bond acceptors (Lipinski definition) is 4. The Hall–Kier alpha value is -0.0000000000000000971. The quantitative estimate of drug-likeness (QED) is 0.550. The Kier molecular flexibility index (Phi) is 3.87. The molecule has 1 saturated heterocycles. The minimum atomic E-state index is -3.39. The Morgan fingerprint density at radius 1 is 1.22 bits per heavy atom. The van der Waals surface area contributed by atoms with Crippen LogP contribution < -0.4 is 0 Å². The maximum atomic E-state index is 12.6. The third-order valence-electron chi connectivity index (χ3n) is 3.19. The van der Waals surface area contributed by atoms with Crippen molar-refractivity contribution >= 4 is 18.7 Å². The second kappa shape index (κ2) is 4.84. The van der Waals surface area contributed by atoms with Gasteiger partial charge < -0.3 is 0 Å². The van der Waals surface area contributed by atoms with Gasteiger partial charge in [0.25, 0.3) is 0 Å². The van der Waals surface area contributed by atoms with E-state index >= 15 is 0 Å². The molecule has 18 heavy (non-hydrogen) atoms. The number of nitrogens with zero attached hydrogens (tertiary/aromatic N) is 1. The van der Waals surface area contributed by atoms with Crippen LogP contribution in [0.4, 0.5) is 0 Å². The molecule has 1 atom stereocenters. The Labute approximate surface area is 111 Å². The summed E-state index contributed by atoms with van der Waals surface area (Å²) in [6, 6.07) is 0. The van der Waals surface area contributed by atoms with Crippen LogP contribution in [0.2, 0.25) is 0 Å². The normalized spacial score (nSPS) is 32.6. The maximum absolute atomic E-state index is 12.6. The molecule has 2 aliphatic heterocycles. The minimum Gasteiger partial charge on any atom is -0.295 e. The molecule has 7 heteroatoms. The van der Waals surface area contributed by atoms with Gasteiger partial charge in [-0.15, -0.1) is 4.08 Å². The first-order valence-corrected chi connectivity index (χ1v) is 8.71. The van der Waals surface area contributed by atoms with Gasteiger partial charge in [-0.1, -0.05) is 25.0 Å². The van der Waals surface area contributed by atoms with E-state index < -0.39 is 18.7 Å². The lowest BCUT2D eigenvalue weighted by Gasteiger charge is -2.39. The van der Waals surface area contributed by atoms with Crippen molar-refractivity contribution in [1.82, 2.24) is 4.08 Å². The summed E-state index contributed by atoms with van der Waals surface area (Å²) in [7, 11) is -4.72. The fourth-order valence-electron chi connectivity index (χ4n) is 1.71. The van der Waals surface area contributed by atoms with Gasteiger partial charge in [-0.05, 0) is 13.8 Å². The zero-order valence-electron chi connectivity index (χ0n) is 11.3. The van der Waals surface area contributed by atoms with Gasteiger partial charge >= 0.3 is 7.75 Å². The van der Waals surface area contributed by atoms with E-state index in [9.17, 15) is 8.77 Å². The lowest BCUT2D eigenvalue weighted by atomic mass is 9.97. The predicted molar refractivity (Wildman–Crippen MR) is 71.4 cm³/mol. The highest BCUT2D eigenvalue weighted by molar-refractivity contribution is 7.88. The molecule has 0 radical (unpaired) electrons. The number of rotatable bonds is 1. The van der Waals surface area contributed by atoms with Crippen molar-refractivity contribution < 1.29 is 17.8 Å². The third kappa shape index (κ3) is 2.78. The highest BCUT2D eigenvalue weighted by atomic mass is 32.2. The van der Waals surface area contributed by atoms with Crippen LogP contribution in [0, 0.1) is 5.41 Å². The van der Waals surface area contributed by atoms with Gasteiger partial charge in [0.15, 0.2) is 0 Å². The molecule has 1 unspecified atom stereocenters. The van der Waals surface area contributed by atoms with E-state index in [4.69, 9.17) is 9.05 Å². The number of hydrogen-bond donors (Lipinski definition) is 0. The first-order chi connectivity index (χ1) is 8.23. The molecule has 104 valence electrons. The average molecular weight is 293 g/mol. The van der Waals surface area contributed by atoms with E-state index in [-0.39, 0.29) is 5.41 Å². The Bertz CT molecular complexity index is 446. The highest BCUT2D eigenvalue weighted by Crippen LogP contribution is 2.58. The molecule has 2 aliphatic rings. The van der Waals surface area contributed by atoms with Crippen molar-refractivity contribution in [2.75, 3.05) is 25.5 Å². The Morgan fingerprint density at radius 2 is 1.78 bits per heavy atom. The van der Waals surface area contributed by atoms with Crippen molar-refractivity contribution in [3.63, 3.8) is 0 Å². The molecule has 5 nitrogen and oxygen atoms in total. The minimum absolute atomic E-state index is 0.147. The standard InChI is InChI=1S/C11H20NO4PS/c1-9-5-12(18(14)6-10(9)2)17(13)15-7-11(3,4)8-16-17/h5-8H2,1-4H3. The van der Waals surface area contributed by atoms with Crippen molar-refractivity contribution in [3.05, 3.63) is 11.1 Å². The molecule has 0 aromatic rings. The van der Waals surface area contributed by atoms with Gasteiger partial charge in [-0.2, -0.15) is 0 Å². The Balaban J connectivity index is 2.18.